The van der Waals surface area contributed by atoms with Gasteiger partial charge in [-0.1, -0.05) is 11.6 Å². The van der Waals surface area contributed by atoms with Crippen molar-refractivity contribution in [3.05, 3.63) is 29.3 Å². The molecule has 1 fully saturated rings. The molecule has 1 saturated heterocycles. The van der Waals surface area contributed by atoms with Gasteiger partial charge in [-0.05, 0) is 49.3 Å². The fraction of sp³-hybridized carbons (Fsp3) is 0.357. The fourth-order valence-electron chi connectivity index (χ4n) is 2.22. The highest BCUT2D eigenvalue weighted by Crippen LogP contribution is 2.13. The van der Waals surface area contributed by atoms with E-state index >= 15 is 0 Å². The summed E-state index contributed by atoms with van der Waals surface area (Å²) in [4.78, 5) is 25.6. The number of anilines is 1. The van der Waals surface area contributed by atoms with Crippen LogP contribution in [0.3, 0.4) is 0 Å². The maximum atomic E-state index is 11.9. The SMILES string of the molecule is NC(=S)N1CCC(NC(=O)C(=O)Nc2ccc(Cl)cc2)CC1. The molecule has 1 aliphatic rings. The summed E-state index contributed by atoms with van der Waals surface area (Å²) in [5, 5.41) is 6.17. The Hall–Kier alpha value is -1.86. The van der Waals surface area contributed by atoms with Gasteiger partial charge in [0.15, 0.2) is 5.11 Å². The predicted octanol–water partition coefficient (Wildman–Crippen LogP) is 1.10. The van der Waals surface area contributed by atoms with E-state index < -0.39 is 11.8 Å². The molecule has 8 heteroatoms. The number of nitrogens with one attached hydrogen (secondary N) is 2. The summed E-state index contributed by atoms with van der Waals surface area (Å²) in [6.45, 7) is 1.36. The number of likely N-dealkylation sites (tertiary alicyclic amines) is 1. The van der Waals surface area contributed by atoms with Gasteiger partial charge >= 0.3 is 11.8 Å². The normalized spacial score (nSPS) is 15.2. The predicted molar refractivity (Wildman–Crippen MR) is 89.6 cm³/mol. The third-order valence-corrected chi connectivity index (χ3v) is 3.96. The fourth-order valence-corrected chi connectivity index (χ4v) is 2.52. The lowest BCUT2D eigenvalue weighted by atomic mass is 10.1. The van der Waals surface area contributed by atoms with E-state index in [1.807, 2.05) is 4.90 Å². The molecule has 0 unspecified atom stereocenters. The largest absolute Gasteiger partial charge is 0.376 e. The Morgan fingerprint density at radius 1 is 1.18 bits per heavy atom. The number of hydrogen-bond acceptors (Lipinski definition) is 3. The van der Waals surface area contributed by atoms with Gasteiger partial charge in [0.25, 0.3) is 0 Å². The van der Waals surface area contributed by atoms with Crippen LogP contribution in [0.15, 0.2) is 24.3 Å². The van der Waals surface area contributed by atoms with E-state index in [2.05, 4.69) is 10.6 Å². The summed E-state index contributed by atoms with van der Waals surface area (Å²) in [5.74, 6) is -1.34. The Morgan fingerprint density at radius 3 is 2.32 bits per heavy atom. The molecule has 1 aliphatic heterocycles. The van der Waals surface area contributed by atoms with Crippen molar-refractivity contribution in [3.63, 3.8) is 0 Å². The number of hydrogen-bond donors (Lipinski definition) is 3. The molecule has 0 aromatic heterocycles. The molecule has 22 heavy (non-hydrogen) atoms. The first kappa shape index (κ1) is 16.5. The Kier molecular flexibility index (Phi) is 5.57. The van der Waals surface area contributed by atoms with Crippen molar-refractivity contribution in [1.82, 2.24) is 10.2 Å². The van der Waals surface area contributed by atoms with E-state index in [1.165, 1.54) is 0 Å². The minimum absolute atomic E-state index is 0.0472. The van der Waals surface area contributed by atoms with Crippen molar-refractivity contribution >= 4 is 46.4 Å². The van der Waals surface area contributed by atoms with Crippen molar-refractivity contribution < 1.29 is 9.59 Å². The monoisotopic (exact) mass is 340 g/mol. The van der Waals surface area contributed by atoms with Crippen molar-refractivity contribution in [3.8, 4) is 0 Å². The number of halogens is 1. The molecular formula is C14H17ClN4O2S. The number of carbonyl (C=O) groups excluding carboxylic acids is 2. The van der Waals surface area contributed by atoms with Crippen LogP contribution in [-0.2, 0) is 9.59 Å². The van der Waals surface area contributed by atoms with Gasteiger partial charge in [-0.25, -0.2) is 0 Å². The summed E-state index contributed by atoms with van der Waals surface area (Å²) >= 11 is 10.7. The standard InChI is InChI=1S/C14H17ClN4O2S/c15-9-1-3-10(4-2-9)17-12(20)13(21)18-11-5-7-19(8-6-11)14(16)22/h1-4,11H,5-8H2,(H2,16,22)(H,17,20)(H,18,21). The quantitative estimate of drug-likeness (QED) is 0.554. The second-order valence-corrected chi connectivity index (χ2v) is 5.89. The molecule has 0 radical (unpaired) electrons. The van der Waals surface area contributed by atoms with Gasteiger partial charge in [0, 0.05) is 29.8 Å². The number of piperidine rings is 1. The van der Waals surface area contributed by atoms with Crippen LogP contribution < -0.4 is 16.4 Å². The summed E-state index contributed by atoms with van der Waals surface area (Å²) in [6, 6.07) is 6.50. The number of rotatable bonds is 2. The highest BCUT2D eigenvalue weighted by Gasteiger charge is 2.23. The number of thiocarbonyl (C=S) groups is 1. The van der Waals surface area contributed by atoms with Crippen LogP contribution in [-0.4, -0.2) is 41.0 Å². The Bertz CT molecular complexity index is 571. The number of nitrogens with two attached hydrogens (primary N) is 1. The lowest BCUT2D eigenvalue weighted by molar-refractivity contribution is -0.136. The average Bonchev–Trinajstić information content (AvgIpc) is 2.50. The number of benzene rings is 1. The molecule has 4 N–H and O–H groups in total. The molecule has 2 amide bonds. The Labute approximate surface area is 139 Å². The Morgan fingerprint density at radius 2 is 1.77 bits per heavy atom. The minimum atomic E-state index is -0.695. The molecule has 0 spiro atoms. The van der Waals surface area contributed by atoms with Gasteiger partial charge in [-0.2, -0.15) is 0 Å². The van der Waals surface area contributed by atoms with Crippen LogP contribution in [0.1, 0.15) is 12.8 Å². The van der Waals surface area contributed by atoms with Gasteiger partial charge < -0.3 is 21.3 Å². The van der Waals surface area contributed by atoms with E-state index in [0.29, 0.717) is 41.8 Å². The van der Waals surface area contributed by atoms with Crippen LogP contribution in [0.4, 0.5) is 5.69 Å². The molecule has 1 aromatic rings. The van der Waals surface area contributed by atoms with Gasteiger partial charge in [0.1, 0.15) is 0 Å². The maximum Gasteiger partial charge on any atom is 0.313 e. The summed E-state index contributed by atoms with van der Waals surface area (Å²) in [5.41, 5.74) is 6.08. The van der Waals surface area contributed by atoms with E-state index in [0.717, 1.165) is 0 Å². The second-order valence-electron chi connectivity index (χ2n) is 5.03. The van der Waals surface area contributed by atoms with Crippen molar-refractivity contribution in [2.45, 2.75) is 18.9 Å². The smallest absolute Gasteiger partial charge is 0.313 e. The van der Waals surface area contributed by atoms with Gasteiger partial charge in [0.05, 0.1) is 0 Å². The summed E-state index contributed by atoms with van der Waals surface area (Å²) in [7, 11) is 0. The van der Waals surface area contributed by atoms with Crippen molar-refractivity contribution in [1.29, 1.82) is 0 Å². The third kappa shape index (κ3) is 4.57. The molecule has 1 aromatic carbocycles. The first-order valence-electron chi connectivity index (χ1n) is 6.87. The zero-order valence-corrected chi connectivity index (χ0v) is 13.4. The highest BCUT2D eigenvalue weighted by atomic mass is 35.5. The van der Waals surface area contributed by atoms with Crippen LogP contribution in [0.5, 0.6) is 0 Å². The topological polar surface area (TPSA) is 87.5 Å². The maximum absolute atomic E-state index is 11.9. The lowest BCUT2D eigenvalue weighted by Crippen LogP contribution is -2.49. The number of nitrogens with zero attached hydrogens (tertiary/aromatic N) is 1. The molecule has 118 valence electrons. The molecule has 0 saturated carbocycles. The lowest BCUT2D eigenvalue weighted by Gasteiger charge is -2.32. The number of amides is 2. The van der Waals surface area contributed by atoms with Crippen LogP contribution in [0.25, 0.3) is 0 Å². The second kappa shape index (κ2) is 7.42. The van der Waals surface area contributed by atoms with E-state index in [9.17, 15) is 9.59 Å². The van der Waals surface area contributed by atoms with E-state index in [1.54, 1.807) is 24.3 Å². The average molecular weight is 341 g/mol. The van der Waals surface area contributed by atoms with Gasteiger partial charge in [0.2, 0.25) is 0 Å². The molecule has 1 heterocycles. The highest BCUT2D eigenvalue weighted by molar-refractivity contribution is 7.80. The molecular weight excluding hydrogens is 324 g/mol. The van der Waals surface area contributed by atoms with Crippen LogP contribution in [0, 0.1) is 0 Å². The molecule has 6 nitrogen and oxygen atoms in total. The zero-order valence-electron chi connectivity index (χ0n) is 11.8. The molecule has 2 rings (SSSR count). The van der Waals surface area contributed by atoms with E-state index in [-0.39, 0.29) is 6.04 Å². The van der Waals surface area contributed by atoms with Crippen molar-refractivity contribution in [2.24, 2.45) is 5.73 Å². The summed E-state index contributed by atoms with van der Waals surface area (Å²) in [6.07, 6.45) is 1.41. The van der Waals surface area contributed by atoms with E-state index in [4.69, 9.17) is 29.6 Å². The molecule has 0 aliphatic carbocycles. The first-order chi connectivity index (χ1) is 10.5. The molecule has 0 bridgehead atoms. The van der Waals surface area contributed by atoms with Crippen molar-refractivity contribution in [2.75, 3.05) is 18.4 Å². The minimum Gasteiger partial charge on any atom is -0.376 e. The first-order valence-corrected chi connectivity index (χ1v) is 7.66. The van der Waals surface area contributed by atoms with Crippen LogP contribution in [0.2, 0.25) is 5.02 Å². The van der Waals surface area contributed by atoms with Gasteiger partial charge in [-0.3, -0.25) is 9.59 Å². The molecule has 0 atom stereocenters. The third-order valence-electron chi connectivity index (χ3n) is 3.45. The zero-order chi connectivity index (χ0) is 16.1. The summed E-state index contributed by atoms with van der Waals surface area (Å²) < 4.78 is 0. The van der Waals surface area contributed by atoms with Crippen LogP contribution >= 0.6 is 23.8 Å². The Balaban J connectivity index is 1.81. The number of carbonyl (C=O) groups is 2. The van der Waals surface area contributed by atoms with Gasteiger partial charge in [-0.15, -0.1) is 0 Å².